The van der Waals surface area contributed by atoms with E-state index in [1.54, 1.807) is 5.56 Å². The second-order valence-electron chi connectivity index (χ2n) is 8.57. The van der Waals surface area contributed by atoms with Crippen LogP contribution in [0.2, 0.25) is 0 Å². The Hall–Kier alpha value is -0.780. The maximum absolute atomic E-state index is 2.43. The van der Waals surface area contributed by atoms with Gasteiger partial charge in [0.2, 0.25) is 0 Å². The van der Waals surface area contributed by atoms with Gasteiger partial charge in [-0.1, -0.05) is 96.5 Å². The number of hydrogen-bond donors (Lipinski definition) is 0. The van der Waals surface area contributed by atoms with Crippen LogP contribution in [0.1, 0.15) is 125 Å². The Morgan fingerprint density at radius 2 is 0.923 bits per heavy atom. The van der Waals surface area contributed by atoms with Gasteiger partial charge in [-0.2, -0.15) is 0 Å². The molecule has 26 heavy (non-hydrogen) atoms. The molecule has 0 aliphatic heterocycles. The van der Waals surface area contributed by atoms with Crippen LogP contribution in [0.25, 0.3) is 0 Å². The van der Waals surface area contributed by atoms with E-state index in [2.05, 4.69) is 40.7 Å². The van der Waals surface area contributed by atoms with Gasteiger partial charge in [0.15, 0.2) is 0 Å². The Morgan fingerprint density at radius 3 is 1.38 bits per heavy atom. The number of hydrogen-bond acceptors (Lipinski definition) is 0. The van der Waals surface area contributed by atoms with Gasteiger partial charge in [0.05, 0.1) is 0 Å². The zero-order chi connectivity index (χ0) is 19.2. The summed E-state index contributed by atoms with van der Waals surface area (Å²) in [5, 5.41) is 0. The molecule has 0 saturated heterocycles. The van der Waals surface area contributed by atoms with Crippen LogP contribution in [0.5, 0.6) is 0 Å². The van der Waals surface area contributed by atoms with Gasteiger partial charge in [0, 0.05) is 0 Å². The minimum atomic E-state index is 1.27. The van der Waals surface area contributed by atoms with Crippen LogP contribution in [-0.4, -0.2) is 0 Å². The van der Waals surface area contributed by atoms with Crippen molar-refractivity contribution in [2.75, 3.05) is 0 Å². The standard InChI is InChI=1S/C26H46/c1-6-7-8-9-10-11-12-13-14-15-16-17-18-19-20-26-21-22(2)23(3)24(4)25(26)5/h21H,6-20H2,1-5H3. The normalized spacial score (nSPS) is 11.3. The first-order valence-corrected chi connectivity index (χ1v) is 11.6. The summed E-state index contributed by atoms with van der Waals surface area (Å²) in [6.45, 7) is 11.4. The van der Waals surface area contributed by atoms with E-state index < -0.39 is 0 Å². The van der Waals surface area contributed by atoms with Gasteiger partial charge < -0.3 is 0 Å². The molecule has 0 bridgehead atoms. The van der Waals surface area contributed by atoms with Gasteiger partial charge in [0.1, 0.15) is 0 Å². The van der Waals surface area contributed by atoms with Crippen LogP contribution < -0.4 is 0 Å². The second-order valence-corrected chi connectivity index (χ2v) is 8.57. The Balaban J connectivity index is 1.97. The van der Waals surface area contributed by atoms with Gasteiger partial charge in [-0.15, -0.1) is 0 Å². The number of unbranched alkanes of at least 4 members (excludes halogenated alkanes) is 13. The second kappa shape index (κ2) is 14.3. The van der Waals surface area contributed by atoms with E-state index in [0.29, 0.717) is 0 Å². The third-order valence-electron chi connectivity index (χ3n) is 6.39. The summed E-state index contributed by atoms with van der Waals surface area (Å²) in [7, 11) is 0. The third kappa shape index (κ3) is 9.24. The molecule has 1 aromatic rings. The highest BCUT2D eigenvalue weighted by Crippen LogP contribution is 2.23. The summed E-state index contributed by atoms with van der Waals surface area (Å²) in [6, 6.07) is 2.43. The predicted octanol–water partition coefficient (Wildman–Crippen LogP) is 8.94. The van der Waals surface area contributed by atoms with Crippen molar-refractivity contribution in [1.82, 2.24) is 0 Å². The molecular formula is C26H46. The van der Waals surface area contributed by atoms with E-state index in [0.717, 1.165) is 0 Å². The zero-order valence-electron chi connectivity index (χ0n) is 18.7. The molecule has 150 valence electrons. The topological polar surface area (TPSA) is 0 Å². The van der Waals surface area contributed by atoms with Gasteiger partial charge in [-0.25, -0.2) is 0 Å². The molecule has 1 aromatic carbocycles. The van der Waals surface area contributed by atoms with Crippen LogP contribution in [0, 0.1) is 27.7 Å². The Morgan fingerprint density at radius 1 is 0.500 bits per heavy atom. The summed E-state index contributed by atoms with van der Waals surface area (Å²) < 4.78 is 0. The fourth-order valence-corrected chi connectivity index (χ4v) is 4.07. The van der Waals surface area contributed by atoms with E-state index in [1.807, 2.05) is 0 Å². The monoisotopic (exact) mass is 358 g/mol. The zero-order valence-corrected chi connectivity index (χ0v) is 18.7. The molecule has 0 atom stereocenters. The Kier molecular flexibility index (Phi) is 12.8. The molecular weight excluding hydrogens is 312 g/mol. The summed E-state index contributed by atoms with van der Waals surface area (Å²) >= 11 is 0. The molecule has 0 radical (unpaired) electrons. The summed E-state index contributed by atoms with van der Waals surface area (Å²) in [5.74, 6) is 0. The van der Waals surface area contributed by atoms with Crippen LogP contribution >= 0.6 is 0 Å². The fourth-order valence-electron chi connectivity index (χ4n) is 4.07. The largest absolute Gasteiger partial charge is 0.0654 e. The highest BCUT2D eigenvalue weighted by atomic mass is 14.1. The third-order valence-corrected chi connectivity index (χ3v) is 6.39. The first-order valence-electron chi connectivity index (χ1n) is 11.6. The molecule has 0 fully saturated rings. The van der Waals surface area contributed by atoms with E-state index in [4.69, 9.17) is 0 Å². The smallest absolute Gasteiger partial charge is 0.0276 e. The Bertz CT molecular complexity index is 483. The first-order chi connectivity index (χ1) is 12.6. The number of benzene rings is 1. The Labute approximate surface area is 165 Å². The van der Waals surface area contributed by atoms with Crippen molar-refractivity contribution >= 4 is 0 Å². The maximum Gasteiger partial charge on any atom is -0.0276 e. The molecule has 0 nitrogen and oxygen atoms in total. The van der Waals surface area contributed by atoms with E-state index >= 15 is 0 Å². The van der Waals surface area contributed by atoms with Crippen molar-refractivity contribution in [1.29, 1.82) is 0 Å². The van der Waals surface area contributed by atoms with Crippen LogP contribution in [0.15, 0.2) is 6.07 Å². The van der Waals surface area contributed by atoms with Crippen molar-refractivity contribution < 1.29 is 0 Å². The molecule has 0 aromatic heterocycles. The lowest BCUT2D eigenvalue weighted by Crippen LogP contribution is -1.98. The molecule has 0 spiro atoms. The molecule has 1 rings (SSSR count). The predicted molar refractivity (Wildman–Crippen MR) is 119 cm³/mol. The minimum absolute atomic E-state index is 1.27. The molecule has 0 amide bonds. The lowest BCUT2D eigenvalue weighted by Gasteiger charge is -2.14. The van der Waals surface area contributed by atoms with E-state index in [-0.39, 0.29) is 0 Å². The molecule has 0 heteroatoms. The van der Waals surface area contributed by atoms with Crippen molar-refractivity contribution in [2.24, 2.45) is 0 Å². The highest BCUT2D eigenvalue weighted by Gasteiger charge is 2.06. The van der Waals surface area contributed by atoms with Crippen molar-refractivity contribution in [3.05, 3.63) is 33.9 Å². The molecule has 0 heterocycles. The summed E-state index contributed by atoms with van der Waals surface area (Å²) in [5.41, 5.74) is 7.57. The molecule has 0 unspecified atom stereocenters. The lowest BCUT2D eigenvalue weighted by atomic mass is 9.92. The number of aryl methyl sites for hydroxylation is 2. The maximum atomic E-state index is 2.43. The summed E-state index contributed by atoms with van der Waals surface area (Å²) in [4.78, 5) is 0. The van der Waals surface area contributed by atoms with Crippen molar-refractivity contribution in [3.8, 4) is 0 Å². The van der Waals surface area contributed by atoms with E-state index in [9.17, 15) is 0 Å². The van der Waals surface area contributed by atoms with Crippen molar-refractivity contribution in [3.63, 3.8) is 0 Å². The highest BCUT2D eigenvalue weighted by molar-refractivity contribution is 5.43. The summed E-state index contributed by atoms with van der Waals surface area (Å²) in [6.07, 6.45) is 21.4. The minimum Gasteiger partial charge on any atom is -0.0654 e. The SMILES string of the molecule is CCCCCCCCCCCCCCCCc1cc(C)c(C)c(C)c1C. The van der Waals surface area contributed by atoms with Crippen LogP contribution in [-0.2, 0) is 6.42 Å². The first kappa shape index (κ1) is 23.3. The van der Waals surface area contributed by atoms with E-state index in [1.165, 1.54) is 119 Å². The van der Waals surface area contributed by atoms with Crippen LogP contribution in [0.3, 0.4) is 0 Å². The molecule has 0 aliphatic rings. The average molecular weight is 359 g/mol. The van der Waals surface area contributed by atoms with Gasteiger partial charge in [0.25, 0.3) is 0 Å². The van der Waals surface area contributed by atoms with Crippen molar-refractivity contribution in [2.45, 2.75) is 131 Å². The van der Waals surface area contributed by atoms with Crippen LogP contribution in [0.4, 0.5) is 0 Å². The molecule has 0 aliphatic carbocycles. The average Bonchev–Trinajstić information content (AvgIpc) is 2.64. The molecule has 0 saturated carbocycles. The quantitative estimate of drug-likeness (QED) is 0.274. The lowest BCUT2D eigenvalue weighted by molar-refractivity contribution is 0.535. The number of rotatable bonds is 15. The molecule has 0 N–H and O–H groups in total. The van der Waals surface area contributed by atoms with Gasteiger partial charge in [-0.3, -0.25) is 0 Å². The van der Waals surface area contributed by atoms with Gasteiger partial charge >= 0.3 is 0 Å². The van der Waals surface area contributed by atoms with Gasteiger partial charge in [-0.05, 0) is 68.4 Å². The fraction of sp³-hybridized carbons (Fsp3) is 0.769.